The standard InChI is InChI=1S/C23H22ClNO4/c1-28-22-12-18(14-25-13-16-2-7-19(8-3-16)23(26)27)6-11-21(22)29-15-17-4-9-20(24)10-5-17/h2-12,25H,13-15H2,1H3,(H,26,27). The summed E-state index contributed by atoms with van der Waals surface area (Å²) in [4.78, 5) is 10.9. The number of hydrogen-bond acceptors (Lipinski definition) is 4. The Bertz CT molecular complexity index is 956. The van der Waals surface area contributed by atoms with E-state index < -0.39 is 5.97 Å². The SMILES string of the molecule is COc1cc(CNCc2ccc(C(=O)O)cc2)ccc1OCc1ccc(Cl)cc1. The lowest BCUT2D eigenvalue weighted by Gasteiger charge is -2.13. The molecule has 0 aliphatic rings. The Morgan fingerprint density at radius 2 is 1.52 bits per heavy atom. The van der Waals surface area contributed by atoms with Crippen LogP contribution in [0.4, 0.5) is 0 Å². The maximum absolute atomic E-state index is 10.9. The number of hydrogen-bond donors (Lipinski definition) is 2. The van der Waals surface area contributed by atoms with Gasteiger partial charge in [-0.15, -0.1) is 0 Å². The molecule has 0 amide bonds. The Morgan fingerprint density at radius 1 is 0.897 bits per heavy atom. The van der Waals surface area contributed by atoms with Crippen molar-refractivity contribution in [2.24, 2.45) is 0 Å². The van der Waals surface area contributed by atoms with Gasteiger partial charge in [-0.3, -0.25) is 0 Å². The second kappa shape index (κ2) is 9.96. The third-order valence-corrected chi connectivity index (χ3v) is 4.65. The summed E-state index contributed by atoms with van der Waals surface area (Å²) in [5, 5.41) is 13.0. The second-order valence-corrected chi connectivity index (χ2v) is 6.94. The minimum atomic E-state index is -0.921. The molecule has 0 bridgehead atoms. The van der Waals surface area contributed by atoms with Gasteiger partial charge in [-0.1, -0.05) is 41.9 Å². The number of nitrogens with one attached hydrogen (secondary N) is 1. The first-order valence-corrected chi connectivity index (χ1v) is 9.50. The first-order chi connectivity index (χ1) is 14.0. The molecule has 0 heterocycles. The Hall–Kier alpha value is -3.02. The highest BCUT2D eigenvalue weighted by atomic mass is 35.5. The largest absolute Gasteiger partial charge is 0.493 e. The number of halogens is 1. The van der Waals surface area contributed by atoms with Crippen LogP contribution in [0, 0.1) is 0 Å². The number of benzene rings is 3. The summed E-state index contributed by atoms with van der Waals surface area (Å²) >= 11 is 5.90. The molecule has 0 aromatic heterocycles. The van der Waals surface area contributed by atoms with E-state index in [1.807, 2.05) is 54.6 Å². The predicted molar refractivity (Wildman–Crippen MR) is 113 cm³/mol. The molecule has 29 heavy (non-hydrogen) atoms. The smallest absolute Gasteiger partial charge is 0.335 e. The summed E-state index contributed by atoms with van der Waals surface area (Å²) in [7, 11) is 1.62. The fourth-order valence-electron chi connectivity index (χ4n) is 2.80. The number of ether oxygens (including phenoxy) is 2. The number of carboxylic acid groups (broad SMARTS) is 1. The van der Waals surface area contributed by atoms with Crippen molar-refractivity contribution in [1.82, 2.24) is 5.32 Å². The predicted octanol–water partition coefficient (Wildman–Crippen LogP) is 4.92. The number of rotatable bonds is 9. The third-order valence-electron chi connectivity index (χ3n) is 4.39. The van der Waals surface area contributed by atoms with E-state index in [0.29, 0.717) is 36.2 Å². The van der Waals surface area contributed by atoms with E-state index in [4.69, 9.17) is 26.2 Å². The van der Waals surface area contributed by atoms with Crippen molar-refractivity contribution >= 4 is 17.6 Å². The van der Waals surface area contributed by atoms with Gasteiger partial charge in [0.15, 0.2) is 11.5 Å². The van der Waals surface area contributed by atoms with Crippen LogP contribution in [-0.4, -0.2) is 18.2 Å². The van der Waals surface area contributed by atoms with Crippen molar-refractivity contribution in [1.29, 1.82) is 0 Å². The van der Waals surface area contributed by atoms with E-state index in [1.54, 1.807) is 19.2 Å². The van der Waals surface area contributed by atoms with E-state index in [1.165, 1.54) is 0 Å². The van der Waals surface area contributed by atoms with Crippen LogP contribution >= 0.6 is 11.6 Å². The van der Waals surface area contributed by atoms with Crippen LogP contribution in [-0.2, 0) is 19.7 Å². The molecule has 0 unspecified atom stereocenters. The number of methoxy groups -OCH3 is 1. The van der Waals surface area contributed by atoms with E-state index in [2.05, 4.69) is 5.32 Å². The summed E-state index contributed by atoms with van der Waals surface area (Å²) < 4.78 is 11.3. The summed E-state index contributed by atoms with van der Waals surface area (Å²) in [6.07, 6.45) is 0. The monoisotopic (exact) mass is 411 g/mol. The highest BCUT2D eigenvalue weighted by Crippen LogP contribution is 2.29. The summed E-state index contributed by atoms with van der Waals surface area (Å²) in [5.74, 6) is 0.425. The molecule has 0 saturated heterocycles. The highest BCUT2D eigenvalue weighted by Gasteiger charge is 2.07. The highest BCUT2D eigenvalue weighted by molar-refractivity contribution is 6.30. The summed E-state index contributed by atoms with van der Waals surface area (Å²) in [5.41, 5.74) is 3.39. The molecule has 0 fully saturated rings. The van der Waals surface area contributed by atoms with Crippen LogP contribution in [0.25, 0.3) is 0 Å². The normalized spacial score (nSPS) is 10.6. The van der Waals surface area contributed by atoms with Crippen LogP contribution in [0.15, 0.2) is 66.7 Å². The third kappa shape index (κ3) is 5.98. The lowest BCUT2D eigenvalue weighted by molar-refractivity contribution is 0.0697. The van der Waals surface area contributed by atoms with E-state index >= 15 is 0 Å². The first kappa shape index (κ1) is 20.7. The molecule has 0 radical (unpaired) electrons. The number of carboxylic acids is 1. The Labute approximate surface area is 174 Å². The van der Waals surface area contributed by atoms with E-state index in [-0.39, 0.29) is 5.56 Å². The van der Waals surface area contributed by atoms with Gasteiger partial charge in [0.25, 0.3) is 0 Å². The molecular weight excluding hydrogens is 390 g/mol. The topological polar surface area (TPSA) is 67.8 Å². The molecule has 5 nitrogen and oxygen atoms in total. The summed E-state index contributed by atoms with van der Waals surface area (Å²) in [6, 6.07) is 20.2. The molecule has 0 saturated carbocycles. The van der Waals surface area contributed by atoms with Crippen molar-refractivity contribution in [3.63, 3.8) is 0 Å². The van der Waals surface area contributed by atoms with Crippen LogP contribution < -0.4 is 14.8 Å². The Morgan fingerprint density at radius 3 is 2.17 bits per heavy atom. The lowest BCUT2D eigenvalue weighted by atomic mass is 10.1. The van der Waals surface area contributed by atoms with Crippen molar-refractivity contribution < 1.29 is 19.4 Å². The van der Waals surface area contributed by atoms with Crippen molar-refractivity contribution in [3.05, 3.63) is 94.0 Å². The van der Waals surface area contributed by atoms with Crippen LogP contribution in [0.3, 0.4) is 0 Å². The second-order valence-electron chi connectivity index (χ2n) is 6.51. The zero-order valence-electron chi connectivity index (χ0n) is 16.0. The molecule has 2 N–H and O–H groups in total. The summed E-state index contributed by atoms with van der Waals surface area (Å²) in [6.45, 7) is 1.71. The zero-order valence-corrected chi connectivity index (χ0v) is 16.8. The average Bonchev–Trinajstić information content (AvgIpc) is 2.74. The van der Waals surface area contributed by atoms with Gasteiger partial charge in [0.05, 0.1) is 12.7 Å². The van der Waals surface area contributed by atoms with Gasteiger partial charge in [0, 0.05) is 18.1 Å². The van der Waals surface area contributed by atoms with E-state index in [9.17, 15) is 4.79 Å². The van der Waals surface area contributed by atoms with Gasteiger partial charge < -0.3 is 19.9 Å². The van der Waals surface area contributed by atoms with Crippen molar-refractivity contribution in [3.8, 4) is 11.5 Å². The molecule has 3 rings (SSSR count). The van der Waals surface area contributed by atoms with Crippen LogP contribution in [0.2, 0.25) is 5.02 Å². The molecule has 0 aliphatic carbocycles. The molecule has 0 atom stereocenters. The van der Waals surface area contributed by atoms with Gasteiger partial charge >= 0.3 is 5.97 Å². The van der Waals surface area contributed by atoms with Gasteiger partial charge in [0.2, 0.25) is 0 Å². The fraction of sp³-hybridized carbons (Fsp3) is 0.174. The number of carbonyl (C=O) groups is 1. The van der Waals surface area contributed by atoms with Crippen LogP contribution in [0.5, 0.6) is 11.5 Å². The Kier molecular flexibility index (Phi) is 7.11. The molecule has 150 valence electrons. The van der Waals surface area contributed by atoms with Crippen LogP contribution in [0.1, 0.15) is 27.0 Å². The van der Waals surface area contributed by atoms with E-state index in [0.717, 1.165) is 16.7 Å². The maximum Gasteiger partial charge on any atom is 0.335 e. The first-order valence-electron chi connectivity index (χ1n) is 9.12. The Balaban J connectivity index is 1.55. The molecule has 6 heteroatoms. The zero-order chi connectivity index (χ0) is 20.6. The fourth-order valence-corrected chi connectivity index (χ4v) is 2.93. The molecule has 3 aromatic carbocycles. The average molecular weight is 412 g/mol. The van der Waals surface area contributed by atoms with Crippen molar-refractivity contribution in [2.45, 2.75) is 19.7 Å². The van der Waals surface area contributed by atoms with Gasteiger partial charge in [-0.05, 0) is 53.1 Å². The van der Waals surface area contributed by atoms with Crippen molar-refractivity contribution in [2.75, 3.05) is 7.11 Å². The van der Waals surface area contributed by atoms with Gasteiger partial charge in [-0.25, -0.2) is 4.79 Å². The van der Waals surface area contributed by atoms with Gasteiger partial charge in [0.1, 0.15) is 6.61 Å². The molecular formula is C23H22ClNO4. The van der Waals surface area contributed by atoms with Gasteiger partial charge in [-0.2, -0.15) is 0 Å². The quantitative estimate of drug-likeness (QED) is 0.523. The molecule has 0 aliphatic heterocycles. The molecule has 0 spiro atoms. The maximum atomic E-state index is 10.9. The lowest BCUT2D eigenvalue weighted by Crippen LogP contribution is -2.13. The molecule has 3 aromatic rings. The minimum absolute atomic E-state index is 0.285. The minimum Gasteiger partial charge on any atom is -0.493 e. The number of aromatic carboxylic acids is 1.